The molecule has 0 fully saturated rings. The molecule has 0 aromatic heterocycles. The summed E-state index contributed by atoms with van der Waals surface area (Å²) in [7, 11) is 1.67. The molecular formula is C12H16O2. The Bertz CT molecular complexity index is 281. The quantitative estimate of drug-likeness (QED) is 0.511. The number of aryl methyl sites for hydroxylation is 1. The second kappa shape index (κ2) is 6.19. The number of methoxy groups -OCH3 is 1. The zero-order valence-electron chi connectivity index (χ0n) is 8.53. The molecule has 0 spiro atoms. The van der Waals surface area contributed by atoms with E-state index in [2.05, 4.69) is 6.07 Å². The van der Waals surface area contributed by atoms with Gasteiger partial charge in [-0.1, -0.05) is 12.1 Å². The summed E-state index contributed by atoms with van der Waals surface area (Å²) in [5.41, 5.74) is 1.27. The van der Waals surface area contributed by atoms with Crippen molar-refractivity contribution in [3.8, 4) is 5.75 Å². The fraction of sp³-hybridized carbons (Fsp3) is 0.417. The van der Waals surface area contributed by atoms with Gasteiger partial charge in [0.05, 0.1) is 7.11 Å². The lowest BCUT2D eigenvalue weighted by Gasteiger charge is -2.03. The van der Waals surface area contributed by atoms with E-state index in [-0.39, 0.29) is 0 Å². The maximum absolute atomic E-state index is 10.1. The van der Waals surface area contributed by atoms with Crippen LogP contribution < -0.4 is 4.74 Å². The molecule has 0 N–H and O–H groups in total. The molecule has 0 saturated heterocycles. The molecule has 1 aromatic rings. The SMILES string of the molecule is COc1cccc(CCCCC=O)c1. The van der Waals surface area contributed by atoms with Gasteiger partial charge in [-0.3, -0.25) is 0 Å². The summed E-state index contributed by atoms with van der Waals surface area (Å²) in [6.07, 6.45) is 4.70. The average Bonchev–Trinajstić information content (AvgIpc) is 2.25. The van der Waals surface area contributed by atoms with Gasteiger partial charge < -0.3 is 9.53 Å². The van der Waals surface area contributed by atoms with Crippen molar-refractivity contribution in [3.63, 3.8) is 0 Å². The number of carbonyl (C=O) groups excluding carboxylic acids is 1. The molecule has 0 bridgehead atoms. The maximum atomic E-state index is 10.1. The summed E-state index contributed by atoms with van der Waals surface area (Å²) < 4.78 is 5.13. The zero-order chi connectivity index (χ0) is 10.2. The predicted octanol–water partition coefficient (Wildman–Crippen LogP) is 2.61. The number of carbonyl (C=O) groups is 1. The molecular weight excluding hydrogens is 176 g/mol. The van der Waals surface area contributed by atoms with Gasteiger partial charge in [-0.05, 0) is 37.0 Å². The van der Waals surface area contributed by atoms with Crippen molar-refractivity contribution in [3.05, 3.63) is 29.8 Å². The van der Waals surface area contributed by atoms with E-state index in [1.165, 1.54) is 5.56 Å². The van der Waals surface area contributed by atoms with E-state index >= 15 is 0 Å². The van der Waals surface area contributed by atoms with Crippen LogP contribution in [-0.4, -0.2) is 13.4 Å². The van der Waals surface area contributed by atoms with Crippen molar-refractivity contribution in [2.24, 2.45) is 0 Å². The maximum Gasteiger partial charge on any atom is 0.119 e. The van der Waals surface area contributed by atoms with Crippen LogP contribution in [0.3, 0.4) is 0 Å². The van der Waals surface area contributed by atoms with Gasteiger partial charge in [-0.2, -0.15) is 0 Å². The third-order valence-corrected chi connectivity index (χ3v) is 2.17. The molecule has 0 aliphatic carbocycles. The second-order valence-corrected chi connectivity index (χ2v) is 3.26. The molecule has 0 radical (unpaired) electrons. The van der Waals surface area contributed by atoms with Crippen LogP contribution in [0.1, 0.15) is 24.8 Å². The number of ether oxygens (including phenoxy) is 1. The van der Waals surface area contributed by atoms with E-state index in [1.54, 1.807) is 7.11 Å². The minimum absolute atomic E-state index is 0.671. The summed E-state index contributed by atoms with van der Waals surface area (Å²) in [5, 5.41) is 0. The summed E-state index contributed by atoms with van der Waals surface area (Å²) in [6, 6.07) is 8.06. The Morgan fingerprint density at radius 3 is 2.93 bits per heavy atom. The normalized spacial score (nSPS) is 9.79. The lowest BCUT2D eigenvalue weighted by molar-refractivity contribution is -0.107. The van der Waals surface area contributed by atoms with Gasteiger partial charge in [0.15, 0.2) is 0 Å². The van der Waals surface area contributed by atoms with Crippen molar-refractivity contribution in [2.45, 2.75) is 25.7 Å². The molecule has 14 heavy (non-hydrogen) atoms. The fourth-order valence-electron chi connectivity index (χ4n) is 1.38. The molecule has 1 aromatic carbocycles. The van der Waals surface area contributed by atoms with Crippen molar-refractivity contribution in [1.82, 2.24) is 0 Å². The Hall–Kier alpha value is -1.31. The third-order valence-electron chi connectivity index (χ3n) is 2.17. The first-order valence-corrected chi connectivity index (χ1v) is 4.93. The molecule has 0 heterocycles. The van der Waals surface area contributed by atoms with Crippen LogP contribution in [-0.2, 0) is 11.2 Å². The highest BCUT2D eigenvalue weighted by atomic mass is 16.5. The minimum Gasteiger partial charge on any atom is -0.497 e. The standard InChI is InChI=1S/C12H16O2/c1-14-12-8-5-7-11(10-12)6-3-2-4-9-13/h5,7-10H,2-4,6H2,1H3. The van der Waals surface area contributed by atoms with Crippen molar-refractivity contribution in [1.29, 1.82) is 0 Å². The van der Waals surface area contributed by atoms with E-state index in [9.17, 15) is 4.79 Å². The van der Waals surface area contributed by atoms with E-state index in [1.807, 2.05) is 18.2 Å². The van der Waals surface area contributed by atoms with Crippen molar-refractivity contribution < 1.29 is 9.53 Å². The van der Waals surface area contributed by atoms with Crippen molar-refractivity contribution >= 4 is 6.29 Å². The van der Waals surface area contributed by atoms with E-state index in [0.29, 0.717) is 6.42 Å². The number of unbranched alkanes of at least 4 members (excludes halogenated alkanes) is 2. The molecule has 0 atom stereocenters. The molecule has 1 rings (SSSR count). The molecule has 0 amide bonds. The van der Waals surface area contributed by atoms with Gasteiger partial charge in [-0.15, -0.1) is 0 Å². The minimum atomic E-state index is 0.671. The Kier molecular flexibility index (Phi) is 4.76. The van der Waals surface area contributed by atoms with E-state index in [0.717, 1.165) is 31.3 Å². The summed E-state index contributed by atoms with van der Waals surface area (Å²) in [4.78, 5) is 10.1. The van der Waals surface area contributed by atoms with Gasteiger partial charge in [0.1, 0.15) is 12.0 Å². The van der Waals surface area contributed by atoms with Gasteiger partial charge in [-0.25, -0.2) is 0 Å². The molecule has 0 aliphatic rings. The lowest BCUT2D eigenvalue weighted by atomic mass is 10.1. The number of rotatable bonds is 6. The number of benzene rings is 1. The Labute approximate surface area is 84.9 Å². The smallest absolute Gasteiger partial charge is 0.119 e. The van der Waals surface area contributed by atoms with Crippen LogP contribution in [0, 0.1) is 0 Å². The monoisotopic (exact) mass is 192 g/mol. The van der Waals surface area contributed by atoms with Crippen LogP contribution >= 0.6 is 0 Å². The Balaban J connectivity index is 2.38. The largest absolute Gasteiger partial charge is 0.497 e. The highest BCUT2D eigenvalue weighted by molar-refractivity contribution is 5.48. The predicted molar refractivity (Wildman–Crippen MR) is 56.6 cm³/mol. The average molecular weight is 192 g/mol. The molecule has 76 valence electrons. The Morgan fingerprint density at radius 2 is 2.21 bits per heavy atom. The molecule has 2 nitrogen and oxygen atoms in total. The molecule has 2 heteroatoms. The lowest BCUT2D eigenvalue weighted by Crippen LogP contribution is -1.88. The van der Waals surface area contributed by atoms with Crippen molar-refractivity contribution in [2.75, 3.05) is 7.11 Å². The van der Waals surface area contributed by atoms with Gasteiger partial charge in [0.25, 0.3) is 0 Å². The topological polar surface area (TPSA) is 26.3 Å². The van der Waals surface area contributed by atoms with Crippen LogP contribution in [0.25, 0.3) is 0 Å². The first-order chi connectivity index (χ1) is 6.86. The Morgan fingerprint density at radius 1 is 1.36 bits per heavy atom. The summed E-state index contributed by atoms with van der Waals surface area (Å²) in [5.74, 6) is 0.901. The fourth-order valence-corrected chi connectivity index (χ4v) is 1.38. The van der Waals surface area contributed by atoms with Crippen LogP contribution in [0.5, 0.6) is 5.75 Å². The number of hydrogen-bond donors (Lipinski definition) is 0. The van der Waals surface area contributed by atoms with E-state index < -0.39 is 0 Å². The van der Waals surface area contributed by atoms with Crippen LogP contribution in [0.4, 0.5) is 0 Å². The van der Waals surface area contributed by atoms with Gasteiger partial charge in [0.2, 0.25) is 0 Å². The number of aldehydes is 1. The highest BCUT2D eigenvalue weighted by Crippen LogP contribution is 2.14. The zero-order valence-corrected chi connectivity index (χ0v) is 8.53. The van der Waals surface area contributed by atoms with Gasteiger partial charge in [0, 0.05) is 6.42 Å². The number of hydrogen-bond acceptors (Lipinski definition) is 2. The van der Waals surface area contributed by atoms with E-state index in [4.69, 9.17) is 4.74 Å². The van der Waals surface area contributed by atoms with Crippen LogP contribution in [0.15, 0.2) is 24.3 Å². The highest BCUT2D eigenvalue weighted by Gasteiger charge is 1.95. The molecule has 0 saturated carbocycles. The molecule has 0 aliphatic heterocycles. The van der Waals surface area contributed by atoms with Gasteiger partial charge >= 0.3 is 0 Å². The van der Waals surface area contributed by atoms with Crippen LogP contribution in [0.2, 0.25) is 0 Å². The summed E-state index contributed by atoms with van der Waals surface area (Å²) in [6.45, 7) is 0. The summed E-state index contributed by atoms with van der Waals surface area (Å²) >= 11 is 0. The second-order valence-electron chi connectivity index (χ2n) is 3.26. The first kappa shape index (κ1) is 10.8. The third kappa shape index (κ3) is 3.60. The first-order valence-electron chi connectivity index (χ1n) is 4.93. The molecule has 0 unspecified atom stereocenters.